The number of carbonyl (C=O) groups is 1. The topological polar surface area (TPSA) is 64.1 Å². The van der Waals surface area contributed by atoms with Crippen LogP contribution in [-0.4, -0.2) is 22.4 Å². The Bertz CT molecular complexity index is 798. The van der Waals surface area contributed by atoms with Gasteiger partial charge in [0.2, 0.25) is 5.91 Å². The van der Waals surface area contributed by atoms with Crippen molar-refractivity contribution >= 4 is 28.6 Å². The third-order valence-corrected chi connectivity index (χ3v) is 5.21. The fourth-order valence-electron chi connectivity index (χ4n) is 2.18. The highest BCUT2D eigenvalue weighted by atomic mass is 32.1. The number of nitrogens with one attached hydrogen (secondary N) is 1. The molecule has 0 aliphatic heterocycles. The Labute approximate surface area is 154 Å². The maximum atomic E-state index is 11.8. The Kier molecular flexibility index (Phi) is 6.14. The van der Waals surface area contributed by atoms with Gasteiger partial charge in [-0.05, 0) is 30.5 Å². The van der Waals surface area contributed by atoms with Crippen LogP contribution < -0.4 is 10.1 Å². The third kappa shape index (κ3) is 5.65. The van der Waals surface area contributed by atoms with E-state index in [9.17, 15) is 4.79 Å². The predicted molar refractivity (Wildman–Crippen MR) is 100 cm³/mol. The van der Waals surface area contributed by atoms with Crippen LogP contribution in [0.2, 0.25) is 0 Å². The molecule has 0 fully saturated rings. The SMILES string of the molecule is Cc1ccc(OCc2nc(CCNC(=O)Cc3cccs3)cs2)cn1. The van der Waals surface area contributed by atoms with Gasteiger partial charge in [-0.3, -0.25) is 9.78 Å². The molecule has 0 aromatic carbocycles. The van der Waals surface area contributed by atoms with Crippen LogP contribution in [0.5, 0.6) is 5.75 Å². The molecule has 0 saturated heterocycles. The minimum absolute atomic E-state index is 0.0492. The fraction of sp³-hybridized carbons (Fsp3) is 0.278. The van der Waals surface area contributed by atoms with Gasteiger partial charge in [-0.15, -0.1) is 22.7 Å². The van der Waals surface area contributed by atoms with Crippen LogP contribution >= 0.6 is 22.7 Å². The highest BCUT2D eigenvalue weighted by molar-refractivity contribution is 7.10. The number of thiazole rings is 1. The van der Waals surface area contributed by atoms with Gasteiger partial charge in [0, 0.05) is 28.9 Å². The number of rotatable bonds is 8. The fourth-order valence-corrected chi connectivity index (χ4v) is 3.62. The van der Waals surface area contributed by atoms with Crippen LogP contribution in [0.15, 0.2) is 41.2 Å². The van der Waals surface area contributed by atoms with Gasteiger partial charge < -0.3 is 10.1 Å². The molecular weight excluding hydrogens is 354 g/mol. The molecule has 7 heteroatoms. The number of thiophene rings is 1. The van der Waals surface area contributed by atoms with Crippen molar-refractivity contribution in [2.45, 2.75) is 26.4 Å². The van der Waals surface area contributed by atoms with Crippen molar-refractivity contribution < 1.29 is 9.53 Å². The van der Waals surface area contributed by atoms with E-state index < -0.39 is 0 Å². The summed E-state index contributed by atoms with van der Waals surface area (Å²) in [7, 11) is 0. The molecule has 0 spiro atoms. The summed E-state index contributed by atoms with van der Waals surface area (Å²) in [6.07, 6.45) is 2.88. The summed E-state index contributed by atoms with van der Waals surface area (Å²) in [4.78, 5) is 21.7. The number of ether oxygens (including phenoxy) is 1. The van der Waals surface area contributed by atoms with Crippen LogP contribution in [0.1, 0.15) is 21.3 Å². The van der Waals surface area contributed by atoms with Gasteiger partial charge in [0.1, 0.15) is 17.4 Å². The van der Waals surface area contributed by atoms with Crippen LogP contribution in [0.25, 0.3) is 0 Å². The van der Waals surface area contributed by atoms with Gasteiger partial charge in [-0.1, -0.05) is 6.07 Å². The average Bonchev–Trinajstić information content (AvgIpc) is 3.26. The Hall–Kier alpha value is -2.25. The third-order valence-electron chi connectivity index (χ3n) is 3.46. The van der Waals surface area contributed by atoms with Crippen molar-refractivity contribution in [1.82, 2.24) is 15.3 Å². The zero-order valence-corrected chi connectivity index (χ0v) is 15.5. The van der Waals surface area contributed by atoms with E-state index in [0.29, 0.717) is 19.6 Å². The Morgan fingerprint density at radius 3 is 2.96 bits per heavy atom. The molecule has 3 aromatic heterocycles. The van der Waals surface area contributed by atoms with E-state index in [4.69, 9.17) is 4.74 Å². The van der Waals surface area contributed by atoms with Crippen molar-refractivity contribution in [2.75, 3.05) is 6.54 Å². The van der Waals surface area contributed by atoms with Crippen molar-refractivity contribution in [1.29, 1.82) is 0 Å². The van der Waals surface area contributed by atoms with E-state index in [0.717, 1.165) is 33.4 Å². The van der Waals surface area contributed by atoms with Crippen LogP contribution in [0.4, 0.5) is 0 Å². The molecular formula is C18H19N3O2S2. The highest BCUT2D eigenvalue weighted by Gasteiger charge is 2.06. The number of hydrogen-bond acceptors (Lipinski definition) is 6. The summed E-state index contributed by atoms with van der Waals surface area (Å²) in [6, 6.07) is 7.75. The minimum Gasteiger partial charge on any atom is -0.485 e. The molecule has 130 valence electrons. The quantitative estimate of drug-likeness (QED) is 0.657. The molecule has 25 heavy (non-hydrogen) atoms. The van der Waals surface area contributed by atoms with E-state index in [1.807, 2.05) is 41.9 Å². The molecule has 0 unspecified atom stereocenters. The molecule has 1 N–H and O–H groups in total. The van der Waals surface area contributed by atoms with Crippen LogP contribution in [-0.2, 0) is 24.2 Å². The second-order valence-corrected chi connectivity index (χ2v) is 7.49. The summed E-state index contributed by atoms with van der Waals surface area (Å²) >= 11 is 3.17. The normalized spacial score (nSPS) is 10.6. The summed E-state index contributed by atoms with van der Waals surface area (Å²) < 4.78 is 5.68. The van der Waals surface area contributed by atoms with Gasteiger partial charge in [0.05, 0.1) is 18.3 Å². The van der Waals surface area contributed by atoms with Crippen molar-refractivity contribution in [3.8, 4) is 5.75 Å². The molecule has 0 aliphatic rings. The van der Waals surface area contributed by atoms with Crippen molar-refractivity contribution in [2.24, 2.45) is 0 Å². The summed E-state index contributed by atoms with van der Waals surface area (Å²) in [5.41, 5.74) is 1.94. The maximum absolute atomic E-state index is 11.8. The average molecular weight is 374 g/mol. The second kappa shape index (κ2) is 8.73. The number of pyridine rings is 1. The molecule has 3 heterocycles. The summed E-state index contributed by atoms with van der Waals surface area (Å²) in [6.45, 7) is 2.96. The lowest BCUT2D eigenvalue weighted by molar-refractivity contribution is -0.120. The van der Waals surface area contributed by atoms with E-state index in [1.54, 1.807) is 28.9 Å². The second-order valence-electron chi connectivity index (χ2n) is 5.51. The first kappa shape index (κ1) is 17.6. The summed E-state index contributed by atoms with van der Waals surface area (Å²) in [5, 5.41) is 7.84. The molecule has 0 aliphatic carbocycles. The van der Waals surface area contributed by atoms with E-state index in [-0.39, 0.29) is 5.91 Å². The maximum Gasteiger partial charge on any atom is 0.225 e. The Balaban J connectivity index is 1.39. The Morgan fingerprint density at radius 1 is 1.28 bits per heavy atom. The lowest BCUT2D eigenvalue weighted by Crippen LogP contribution is -2.27. The number of aromatic nitrogens is 2. The number of hydrogen-bond donors (Lipinski definition) is 1. The molecule has 5 nitrogen and oxygen atoms in total. The van der Waals surface area contributed by atoms with Gasteiger partial charge in [-0.2, -0.15) is 0 Å². The highest BCUT2D eigenvalue weighted by Crippen LogP contribution is 2.15. The van der Waals surface area contributed by atoms with E-state index >= 15 is 0 Å². The zero-order valence-electron chi connectivity index (χ0n) is 13.9. The molecule has 3 rings (SSSR count). The minimum atomic E-state index is 0.0492. The number of nitrogens with zero attached hydrogens (tertiary/aromatic N) is 2. The first-order chi connectivity index (χ1) is 12.2. The first-order valence-corrected chi connectivity index (χ1v) is 9.73. The van der Waals surface area contributed by atoms with Crippen LogP contribution in [0, 0.1) is 6.92 Å². The molecule has 1 amide bonds. The first-order valence-electron chi connectivity index (χ1n) is 7.97. The zero-order chi connectivity index (χ0) is 17.5. The van der Waals surface area contributed by atoms with Crippen LogP contribution in [0.3, 0.4) is 0 Å². The van der Waals surface area contributed by atoms with Gasteiger partial charge in [0.15, 0.2) is 0 Å². The van der Waals surface area contributed by atoms with E-state index in [1.165, 1.54) is 0 Å². The lowest BCUT2D eigenvalue weighted by atomic mass is 10.3. The predicted octanol–water partition coefficient (Wildman–Crippen LogP) is 3.39. The summed E-state index contributed by atoms with van der Waals surface area (Å²) in [5.74, 6) is 0.788. The monoisotopic (exact) mass is 373 g/mol. The smallest absolute Gasteiger partial charge is 0.225 e. The van der Waals surface area contributed by atoms with Crippen molar-refractivity contribution in [3.05, 3.63) is 62.5 Å². The number of carbonyl (C=O) groups excluding carboxylic acids is 1. The molecule has 0 saturated carbocycles. The number of amides is 1. The molecule has 3 aromatic rings. The largest absolute Gasteiger partial charge is 0.485 e. The molecule has 0 bridgehead atoms. The Morgan fingerprint density at radius 2 is 2.20 bits per heavy atom. The molecule has 0 atom stereocenters. The van der Waals surface area contributed by atoms with Gasteiger partial charge in [0.25, 0.3) is 0 Å². The standard InChI is InChI=1S/C18H19N3O2S2/c1-13-4-5-15(10-20-13)23-11-18-21-14(12-25-18)6-7-19-17(22)9-16-3-2-8-24-16/h2-5,8,10,12H,6-7,9,11H2,1H3,(H,19,22). The van der Waals surface area contributed by atoms with Crippen molar-refractivity contribution in [3.63, 3.8) is 0 Å². The van der Waals surface area contributed by atoms with Gasteiger partial charge >= 0.3 is 0 Å². The lowest BCUT2D eigenvalue weighted by Gasteiger charge is -2.04. The number of aryl methyl sites for hydroxylation is 1. The van der Waals surface area contributed by atoms with Gasteiger partial charge in [-0.25, -0.2) is 4.98 Å². The van der Waals surface area contributed by atoms with E-state index in [2.05, 4.69) is 15.3 Å². The molecule has 0 radical (unpaired) electrons.